The Hall–Kier alpha value is 0. The van der Waals surface area contributed by atoms with Crippen LogP contribution in [0.2, 0.25) is 0 Å². The van der Waals surface area contributed by atoms with E-state index in [0.29, 0.717) is 0 Å². The summed E-state index contributed by atoms with van der Waals surface area (Å²) in [7, 11) is 0. The molecule has 0 aliphatic rings. The number of hydrogen-bond acceptors (Lipinski definition) is 0. The average Bonchev–Trinajstić information content (AvgIpc) is 2.20. The van der Waals surface area contributed by atoms with Gasteiger partial charge < -0.3 is 0 Å². The van der Waals surface area contributed by atoms with Crippen molar-refractivity contribution in [2.75, 3.05) is 0 Å². The van der Waals surface area contributed by atoms with Gasteiger partial charge in [0.05, 0.1) is 0 Å². The molecule has 0 saturated heterocycles. The summed E-state index contributed by atoms with van der Waals surface area (Å²) in [6.07, 6.45) is 4.15. The minimum Gasteiger partial charge on any atom is -0.0776 e. The fourth-order valence-electron chi connectivity index (χ4n) is 0.822. The van der Waals surface area contributed by atoms with E-state index in [0.717, 1.165) is 11.8 Å². The van der Waals surface area contributed by atoms with E-state index in [-0.39, 0.29) is 7.43 Å². The highest BCUT2D eigenvalue weighted by molar-refractivity contribution is 4.52. The SMILES string of the molecule is C.CC.CC.CCC(C)CCC(C)C. The topological polar surface area (TPSA) is 0 Å². The van der Waals surface area contributed by atoms with Crippen molar-refractivity contribution in [1.82, 2.24) is 0 Å². The van der Waals surface area contributed by atoms with E-state index in [1.165, 1.54) is 19.3 Å². The maximum absolute atomic E-state index is 2.34. The van der Waals surface area contributed by atoms with Gasteiger partial charge >= 0.3 is 0 Å². The predicted molar refractivity (Wildman–Crippen MR) is 73.0 cm³/mol. The Morgan fingerprint density at radius 3 is 1.36 bits per heavy atom. The van der Waals surface area contributed by atoms with Crippen molar-refractivity contribution in [2.24, 2.45) is 11.8 Å². The van der Waals surface area contributed by atoms with Gasteiger partial charge in [-0.25, -0.2) is 0 Å². The third kappa shape index (κ3) is 29.6. The first-order chi connectivity index (χ1) is 6.16. The minimum atomic E-state index is 0. The average molecular weight is 204 g/mol. The lowest BCUT2D eigenvalue weighted by atomic mass is 9.98. The molecule has 0 rings (SSSR count). The molecule has 0 N–H and O–H groups in total. The molecule has 0 aromatic carbocycles. The Bertz CT molecular complexity index is 55.1. The highest BCUT2D eigenvalue weighted by Gasteiger charge is 1.99. The molecule has 0 saturated carbocycles. The van der Waals surface area contributed by atoms with Gasteiger partial charge in [-0.3, -0.25) is 0 Å². The van der Waals surface area contributed by atoms with Crippen LogP contribution in [-0.4, -0.2) is 0 Å². The standard InChI is InChI=1S/C9H20.2C2H6.CH4/c1-5-9(4)7-6-8(2)3;2*1-2;/h8-9H,5-7H2,1-4H3;2*1-2H3;1H4. The van der Waals surface area contributed by atoms with E-state index >= 15 is 0 Å². The molecule has 0 aromatic heterocycles. The molecule has 0 nitrogen and oxygen atoms in total. The van der Waals surface area contributed by atoms with E-state index in [1.54, 1.807) is 0 Å². The second kappa shape index (κ2) is 23.1. The molecule has 0 aliphatic heterocycles. The Balaban J connectivity index is -0.0000000883. The Labute approximate surface area is 94.5 Å². The molecule has 0 aliphatic carbocycles. The first-order valence-corrected chi connectivity index (χ1v) is 6.16. The molecule has 0 aromatic rings. The molecule has 0 radical (unpaired) electrons. The van der Waals surface area contributed by atoms with Crippen LogP contribution < -0.4 is 0 Å². The third-order valence-electron chi connectivity index (χ3n) is 1.93. The maximum Gasteiger partial charge on any atom is -0.0445 e. The van der Waals surface area contributed by atoms with Crippen LogP contribution in [0, 0.1) is 11.8 Å². The van der Waals surface area contributed by atoms with E-state index in [9.17, 15) is 0 Å². The first-order valence-electron chi connectivity index (χ1n) is 6.16. The van der Waals surface area contributed by atoms with Crippen LogP contribution >= 0.6 is 0 Å². The van der Waals surface area contributed by atoms with Crippen molar-refractivity contribution in [3.63, 3.8) is 0 Å². The van der Waals surface area contributed by atoms with Gasteiger partial charge in [0.1, 0.15) is 0 Å². The molecule has 0 heterocycles. The summed E-state index contributed by atoms with van der Waals surface area (Å²) in [6, 6.07) is 0. The van der Waals surface area contributed by atoms with E-state index in [4.69, 9.17) is 0 Å². The lowest BCUT2D eigenvalue weighted by Gasteiger charge is -2.09. The van der Waals surface area contributed by atoms with Crippen molar-refractivity contribution in [3.05, 3.63) is 0 Å². The second-order valence-electron chi connectivity index (χ2n) is 3.48. The van der Waals surface area contributed by atoms with Gasteiger partial charge in [-0.05, 0) is 11.8 Å². The van der Waals surface area contributed by atoms with Crippen LogP contribution in [0.15, 0.2) is 0 Å². The lowest BCUT2D eigenvalue weighted by molar-refractivity contribution is 0.441. The zero-order valence-corrected chi connectivity index (χ0v) is 11.3. The molecule has 1 unspecified atom stereocenters. The molecule has 0 spiro atoms. The molecular weight excluding hydrogens is 168 g/mol. The summed E-state index contributed by atoms with van der Waals surface area (Å²) in [5.74, 6) is 1.83. The van der Waals surface area contributed by atoms with Gasteiger partial charge in [-0.2, -0.15) is 0 Å². The zero-order chi connectivity index (χ0) is 11.3. The van der Waals surface area contributed by atoms with Crippen LogP contribution in [0.25, 0.3) is 0 Å². The second-order valence-corrected chi connectivity index (χ2v) is 3.48. The van der Waals surface area contributed by atoms with Gasteiger partial charge in [0, 0.05) is 0 Å². The highest BCUT2D eigenvalue weighted by Crippen LogP contribution is 2.13. The van der Waals surface area contributed by atoms with Crippen molar-refractivity contribution in [3.8, 4) is 0 Å². The van der Waals surface area contributed by atoms with Gasteiger partial charge in [0.2, 0.25) is 0 Å². The molecule has 1 atom stereocenters. The van der Waals surface area contributed by atoms with Crippen molar-refractivity contribution < 1.29 is 0 Å². The van der Waals surface area contributed by atoms with E-state index in [1.807, 2.05) is 27.7 Å². The molecule has 0 bridgehead atoms. The summed E-state index contributed by atoms with van der Waals surface area (Å²) in [5.41, 5.74) is 0. The highest BCUT2D eigenvalue weighted by atomic mass is 14.1. The summed E-state index contributed by atoms with van der Waals surface area (Å²) in [6.45, 7) is 17.2. The molecule has 14 heavy (non-hydrogen) atoms. The van der Waals surface area contributed by atoms with Crippen molar-refractivity contribution >= 4 is 0 Å². The Morgan fingerprint density at radius 1 is 0.786 bits per heavy atom. The summed E-state index contributed by atoms with van der Waals surface area (Å²) >= 11 is 0. The Kier molecular flexibility index (Phi) is 39.1. The van der Waals surface area contributed by atoms with Crippen LogP contribution in [0.3, 0.4) is 0 Å². The first kappa shape index (κ1) is 23.7. The minimum absolute atomic E-state index is 0. The largest absolute Gasteiger partial charge is 0.0776 e. The van der Waals surface area contributed by atoms with Gasteiger partial charge in [0.25, 0.3) is 0 Å². The third-order valence-corrected chi connectivity index (χ3v) is 1.93. The Morgan fingerprint density at radius 2 is 1.14 bits per heavy atom. The number of hydrogen-bond donors (Lipinski definition) is 0. The molecule has 0 amide bonds. The van der Waals surface area contributed by atoms with Gasteiger partial charge in [0.15, 0.2) is 0 Å². The van der Waals surface area contributed by atoms with Gasteiger partial charge in [-0.15, -0.1) is 0 Å². The zero-order valence-electron chi connectivity index (χ0n) is 11.3. The summed E-state index contributed by atoms with van der Waals surface area (Å²) < 4.78 is 0. The summed E-state index contributed by atoms with van der Waals surface area (Å²) in [5, 5.41) is 0. The monoisotopic (exact) mass is 204 g/mol. The van der Waals surface area contributed by atoms with Crippen molar-refractivity contribution in [2.45, 2.75) is 82.1 Å². The van der Waals surface area contributed by atoms with Crippen LogP contribution in [0.4, 0.5) is 0 Å². The molecule has 92 valence electrons. The predicted octanol–water partition coefficient (Wildman–Crippen LogP) is 6.16. The number of rotatable bonds is 4. The quantitative estimate of drug-likeness (QED) is 0.514. The van der Waals surface area contributed by atoms with E-state index in [2.05, 4.69) is 27.7 Å². The summed E-state index contributed by atoms with van der Waals surface area (Å²) in [4.78, 5) is 0. The van der Waals surface area contributed by atoms with Gasteiger partial charge in [-0.1, -0.05) is 82.1 Å². The van der Waals surface area contributed by atoms with E-state index < -0.39 is 0 Å². The van der Waals surface area contributed by atoms with Crippen molar-refractivity contribution in [1.29, 1.82) is 0 Å². The smallest absolute Gasteiger partial charge is 0.0445 e. The fraction of sp³-hybridized carbons (Fsp3) is 1.00. The normalized spacial score (nSPS) is 10.1. The molecule has 0 fully saturated rings. The maximum atomic E-state index is 2.34. The van der Waals surface area contributed by atoms with Crippen LogP contribution in [-0.2, 0) is 0 Å². The molecule has 0 heteroatoms. The van der Waals surface area contributed by atoms with Crippen LogP contribution in [0.5, 0.6) is 0 Å². The lowest BCUT2D eigenvalue weighted by Crippen LogP contribution is -1.95. The fourth-order valence-corrected chi connectivity index (χ4v) is 0.822. The van der Waals surface area contributed by atoms with Crippen LogP contribution in [0.1, 0.15) is 82.1 Å². The molecular formula is C14H36.